The largest absolute Gasteiger partial charge is 0.460 e. The van der Waals surface area contributed by atoms with Gasteiger partial charge in [-0.3, -0.25) is 0 Å². The van der Waals surface area contributed by atoms with Crippen LogP contribution in [-0.2, 0) is 4.74 Å². The highest BCUT2D eigenvalue weighted by molar-refractivity contribution is 7.18. The summed E-state index contributed by atoms with van der Waals surface area (Å²) in [7, 11) is 0. The molecule has 2 rings (SSSR count). The highest BCUT2D eigenvalue weighted by atomic mass is 32.1. The molecule has 0 aliphatic heterocycles. The van der Waals surface area contributed by atoms with Gasteiger partial charge >= 0.3 is 5.97 Å². The van der Waals surface area contributed by atoms with Crippen LogP contribution in [0.1, 0.15) is 28.0 Å². The standard InChI is InChI=1S/C11H13N3O2S/c1-4-16-11(15)9-13-8(12)7-5(2)6(3)17-10(7)14-9/h4H2,1-3H3,(H2,12,13,14). The highest BCUT2D eigenvalue weighted by Crippen LogP contribution is 2.31. The maximum absolute atomic E-state index is 11.5. The molecule has 2 aromatic heterocycles. The van der Waals surface area contributed by atoms with Crippen molar-refractivity contribution < 1.29 is 9.53 Å². The van der Waals surface area contributed by atoms with E-state index in [-0.39, 0.29) is 5.82 Å². The van der Waals surface area contributed by atoms with Crippen molar-refractivity contribution in [2.24, 2.45) is 0 Å². The molecule has 0 saturated carbocycles. The molecule has 0 aliphatic carbocycles. The summed E-state index contributed by atoms with van der Waals surface area (Å²) < 4.78 is 4.85. The SMILES string of the molecule is CCOC(=O)c1nc(N)c2c(C)c(C)sc2n1. The van der Waals surface area contributed by atoms with E-state index in [1.165, 1.54) is 11.3 Å². The molecule has 0 radical (unpaired) electrons. The Hall–Kier alpha value is -1.69. The first-order valence-electron chi connectivity index (χ1n) is 5.25. The Bertz CT molecular complexity index is 592. The highest BCUT2D eigenvalue weighted by Gasteiger charge is 2.17. The number of thiophene rings is 1. The Labute approximate surface area is 103 Å². The number of hydrogen-bond acceptors (Lipinski definition) is 6. The van der Waals surface area contributed by atoms with Gasteiger partial charge < -0.3 is 10.5 Å². The number of nitrogens with two attached hydrogens (primary N) is 1. The lowest BCUT2D eigenvalue weighted by Gasteiger charge is -2.02. The van der Waals surface area contributed by atoms with Crippen molar-refractivity contribution in [2.45, 2.75) is 20.8 Å². The predicted octanol–water partition coefficient (Wildman–Crippen LogP) is 2.07. The van der Waals surface area contributed by atoms with Gasteiger partial charge in [-0.05, 0) is 26.3 Å². The van der Waals surface area contributed by atoms with Crippen LogP contribution in [0.2, 0.25) is 0 Å². The van der Waals surface area contributed by atoms with Crippen LogP contribution in [0.15, 0.2) is 0 Å². The first kappa shape index (κ1) is 11.8. The van der Waals surface area contributed by atoms with E-state index < -0.39 is 5.97 Å². The lowest BCUT2D eigenvalue weighted by atomic mass is 10.2. The molecule has 2 N–H and O–H groups in total. The van der Waals surface area contributed by atoms with Gasteiger partial charge in [0.05, 0.1) is 12.0 Å². The summed E-state index contributed by atoms with van der Waals surface area (Å²) in [6, 6.07) is 0. The summed E-state index contributed by atoms with van der Waals surface area (Å²) in [5.74, 6) is -0.178. The Balaban J connectivity index is 2.60. The molecule has 17 heavy (non-hydrogen) atoms. The molecule has 90 valence electrons. The van der Waals surface area contributed by atoms with E-state index in [0.29, 0.717) is 12.4 Å². The molecule has 0 fully saturated rings. The van der Waals surface area contributed by atoms with Gasteiger partial charge in [-0.2, -0.15) is 0 Å². The molecule has 0 bridgehead atoms. The molecule has 0 unspecified atom stereocenters. The zero-order valence-corrected chi connectivity index (χ0v) is 10.7. The van der Waals surface area contributed by atoms with Crippen molar-refractivity contribution >= 4 is 33.3 Å². The van der Waals surface area contributed by atoms with Crippen LogP contribution < -0.4 is 5.73 Å². The molecular weight excluding hydrogens is 238 g/mol. The smallest absolute Gasteiger partial charge is 0.376 e. The van der Waals surface area contributed by atoms with Crippen LogP contribution >= 0.6 is 11.3 Å². The van der Waals surface area contributed by atoms with Crippen molar-refractivity contribution in [2.75, 3.05) is 12.3 Å². The number of ether oxygens (including phenoxy) is 1. The first-order chi connectivity index (χ1) is 8.04. The number of nitrogen functional groups attached to an aromatic ring is 1. The summed E-state index contributed by atoms with van der Waals surface area (Å²) in [6.45, 7) is 5.99. The molecule has 6 heteroatoms. The second-order valence-corrected chi connectivity index (χ2v) is 4.82. The minimum Gasteiger partial charge on any atom is -0.460 e. The third-order valence-corrected chi connectivity index (χ3v) is 3.62. The van der Waals surface area contributed by atoms with Crippen molar-refractivity contribution in [3.63, 3.8) is 0 Å². The molecule has 0 atom stereocenters. The summed E-state index contributed by atoms with van der Waals surface area (Å²) in [4.78, 5) is 21.6. The summed E-state index contributed by atoms with van der Waals surface area (Å²) in [5.41, 5.74) is 6.92. The molecule has 0 amide bonds. The molecule has 0 saturated heterocycles. The van der Waals surface area contributed by atoms with Crippen LogP contribution in [0.5, 0.6) is 0 Å². The van der Waals surface area contributed by atoms with E-state index in [9.17, 15) is 4.79 Å². The van der Waals surface area contributed by atoms with Gasteiger partial charge in [-0.25, -0.2) is 14.8 Å². The van der Waals surface area contributed by atoms with Crippen LogP contribution in [-0.4, -0.2) is 22.5 Å². The number of anilines is 1. The number of aryl methyl sites for hydroxylation is 2. The topological polar surface area (TPSA) is 78.1 Å². The Morgan fingerprint density at radius 1 is 1.41 bits per heavy atom. The number of carbonyl (C=O) groups is 1. The van der Waals surface area contributed by atoms with E-state index in [0.717, 1.165) is 20.7 Å². The Kier molecular flexibility index (Phi) is 2.97. The zero-order chi connectivity index (χ0) is 12.6. The van der Waals surface area contributed by atoms with E-state index in [2.05, 4.69) is 9.97 Å². The van der Waals surface area contributed by atoms with E-state index >= 15 is 0 Å². The number of nitrogens with zero attached hydrogens (tertiary/aromatic N) is 2. The number of fused-ring (bicyclic) bond motifs is 1. The monoisotopic (exact) mass is 251 g/mol. The lowest BCUT2D eigenvalue weighted by molar-refractivity contribution is 0.0513. The van der Waals surface area contributed by atoms with Crippen molar-refractivity contribution in [1.82, 2.24) is 9.97 Å². The van der Waals surface area contributed by atoms with Gasteiger partial charge in [-0.15, -0.1) is 11.3 Å². The maximum Gasteiger partial charge on any atom is 0.376 e. The third-order valence-electron chi connectivity index (χ3n) is 2.51. The average molecular weight is 251 g/mol. The fourth-order valence-electron chi connectivity index (χ4n) is 1.57. The van der Waals surface area contributed by atoms with Crippen LogP contribution in [0, 0.1) is 13.8 Å². The molecule has 0 aromatic carbocycles. The van der Waals surface area contributed by atoms with Crippen molar-refractivity contribution in [1.29, 1.82) is 0 Å². The fourth-order valence-corrected chi connectivity index (χ4v) is 2.60. The van der Waals surface area contributed by atoms with Gasteiger partial charge in [0.2, 0.25) is 5.82 Å². The molecule has 0 aliphatic rings. The maximum atomic E-state index is 11.5. The number of hydrogen-bond donors (Lipinski definition) is 1. The van der Waals surface area contributed by atoms with Crippen LogP contribution in [0.3, 0.4) is 0 Å². The van der Waals surface area contributed by atoms with E-state index in [4.69, 9.17) is 10.5 Å². The predicted molar refractivity (Wildman–Crippen MR) is 67.3 cm³/mol. The number of rotatable bonds is 2. The van der Waals surface area contributed by atoms with E-state index in [1.807, 2.05) is 13.8 Å². The normalized spacial score (nSPS) is 10.8. The second-order valence-electron chi connectivity index (χ2n) is 3.62. The van der Waals surface area contributed by atoms with Crippen LogP contribution in [0.25, 0.3) is 10.2 Å². The van der Waals surface area contributed by atoms with Gasteiger partial charge in [0.15, 0.2) is 0 Å². The van der Waals surface area contributed by atoms with E-state index in [1.54, 1.807) is 6.92 Å². The molecule has 0 spiro atoms. The Morgan fingerprint density at radius 2 is 2.12 bits per heavy atom. The average Bonchev–Trinajstić information content (AvgIpc) is 2.55. The molecule has 2 aromatic rings. The van der Waals surface area contributed by atoms with Crippen molar-refractivity contribution in [3.05, 3.63) is 16.3 Å². The zero-order valence-electron chi connectivity index (χ0n) is 9.90. The van der Waals surface area contributed by atoms with Crippen molar-refractivity contribution in [3.8, 4) is 0 Å². The fraction of sp³-hybridized carbons (Fsp3) is 0.364. The minimum atomic E-state index is -0.537. The summed E-state index contributed by atoms with van der Waals surface area (Å²) >= 11 is 1.50. The quantitative estimate of drug-likeness (QED) is 0.827. The molecule has 5 nitrogen and oxygen atoms in total. The third kappa shape index (κ3) is 1.95. The summed E-state index contributed by atoms with van der Waals surface area (Å²) in [6.07, 6.45) is 0. The number of carbonyl (C=O) groups excluding carboxylic acids is 1. The Morgan fingerprint density at radius 3 is 2.76 bits per heavy atom. The summed E-state index contributed by atoms with van der Waals surface area (Å²) in [5, 5.41) is 0.834. The van der Waals surface area contributed by atoms with Gasteiger partial charge in [0.25, 0.3) is 0 Å². The van der Waals surface area contributed by atoms with Gasteiger partial charge in [0.1, 0.15) is 10.6 Å². The molecular formula is C11H13N3O2S. The second kappa shape index (κ2) is 4.29. The lowest BCUT2D eigenvalue weighted by Crippen LogP contribution is -2.11. The number of esters is 1. The van der Waals surface area contributed by atoms with Crippen LogP contribution in [0.4, 0.5) is 5.82 Å². The molecule has 2 heterocycles. The van der Waals surface area contributed by atoms with Gasteiger partial charge in [0, 0.05) is 4.88 Å². The number of aromatic nitrogens is 2. The minimum absolute atomic E-state index is 0.0260. The van der Waals surface area contributed by atoms with Gasteiger partial charge in [-0.1, -0.05) is 0 Å². The first-order valence-corrected chi connectivity index (χ1v) is 6.06.